The van der Waals surface area contributed by atoms with Crippen LogP contribution in [0, 0.1) is 6.92 Å². The first-order valence-electron chi connectivity index (χ1n) is 6.69. The Balaban J connectivity index is 2.72. The van der Waals surface area contributed by atoms with Crippen LogP contribution in [0.4, 0.5) is 0 Å². The Hall–Kier alpha value is -1.64. The minimum absolute atomic E-state index is 0.146. The molecule has 7 nitrogen and oxygen atoms in total. The predicted octanol–water partition coefficient (Wildman–Crippen LogP) is 0.862. The maximum atomic E-state index is 12.1. The van der Waals surface area contributed by atoms with Gasteiger partial charge < -0.3 is 14.2 Å². The standard InChI is InChI=1S/C14H21NO6S/c1-11-9-12(22(17,18)15-7-4-8-19-2)5-6-13(11)21-10-14(16)20-3/h5-6,9,15H,4,7-8,10H2,1-3H3. The molecule has 0 saturated carbocycles. The van der Waals surface area contributed by atoms with E-state index in [-0.39, 0.29) is 11.5 Å². The first-order valence-corrected chi connectivity index (χ1v) is 8.18. The van der Waals surface area contributed by atoms with Crippen molar-refractivity contribution in [3.63, 3.8) is 0 Å². The molecule has 0 bridgehead atoms. The van der Waals surface area contributed by atoms with Gasteiger partial charge in [-0.2, -0.15) is 0 Å². The normalized spacial score (nSPS) is 11.2. The van der Waals surface area contributed by atoms with Crippen molar-refractivity contribution in [2.45, 2.75) is 18.2 Å². The molecule has 0 radical (unpaired) electrons. The fourth-order valence-electron chi connectivity index (χ4n) is 1.65. The van der Waals surface area contributed by atoms with Crippen LogP contribution in [0.1, 0.15) is 12.0 Å². The van der Waals surface area contributed by atoms with Gasteiger partial charge in [0, 0.05) is 20.3 Å². The summed E-state index contributed by atoms with van der Waals surface area (Å²) in [6.45, 7) is 2.27. The van der Waals surface area contributed by atoms with Crippen molar-refractivity contribution < 1.29 is 27.4 Å². The van der Waals surface area contributed by atoms with Crippen LogP contribution in [-0.4, -0.2) is 48.4 Å². The molecule has 22 heavy (non-hydrogen) atoms. The smallest absolute Gasteiger partial charge is 0.343 e. The van der Waals surface area contributed by atoms with Gasteiger partial charge in [-0.25, -0.2) is 17.9 Å². The molecule has 1 rings (SSSR count). The number of hydrogen-bond acceptors (Lipinski definition) is 6. The Morgan fingerprint density at radius 3 is 2.59 bits per heavy atom. The zero-order valence-electron chi connectivity index (χ0n) is 12.9. The van der Waals surface area contributed by atoms with Crippen LogP contribution < -0.4 is 9.46 Å². The fraction of sp³-hybridized carbons (Fsp3) is 0.500. The summed E-state index contributed by atoms with van der Waals surface area (Å²) >= 11 is 0. The number of hydrogen-bond donors (Lipinski definition) is 1. The lowest BCUT2D eigenvalue weighted by Crippen LogP contribution is -2.25. The Morgan fingerprint density at radius 2 is 2.00 bits per heavy atom. The van der Waals surface area contributed by atoms with E-state index in [0.717, 1.165) is 0 Å². The van der Waals surface area contributed by atoms with Gasteiger partial charge in [-0.15, -0.1) is 0 Å². The van der Waals surface area contributed by atoms with Crippen molar-refractivity contribution in [1.29, 1.82) is 0 Å². The van der Waals surface area contributed by atoms with Gasteiger partial charge in [-0.05, 0) is 37.1 Å². The Kier molecular flexibility index (Phi) is 7.30. The number of aryl methyl sites for hydroxylation is 1. The number of sulfonamides is 1. The topological polar surface area (TPSA) is 90.9 Å². The Bertz CT molecular complexity index is 599. The molecule has 0 aliphatic heterocycles. The van der Waals surface area contributed by atoms with Crippen LogP contribution in [0.2, 0.25) is 0 Å². The summed E-state index contributed by atoms with van der Waals surface area (Å²) in [5.74, 6) is -0.0698. The number of methoxy groups -OCH3 is 2. The highest BCUT2D eigenvalue weighted by atomic mass is 32.2. The van der Waals surface area contributed by atoms with Crippen molar-refractivity contribution >= 4 is 16.0 Å². The number of esters is 1. The third-order valence-corrected chi connectivity index (χ3v) is 4.31. The maximum absolute atomic E-state index is 12.1. The number of benzene rings is 1. The average Bonchev–Trinajstić information content (AvgIpc) is 2.50. The van der Waals surface area contributed by atoms with Crippen LogP contribution >= 0.6 is 0 Å². The van der Waals surface area contributed by atoms with E-state index in [9.17, 15) is 13.2 Å². The van der Waals surface area contributed by atoms with E-state index >= 15 is 0 Å². The monoisotopic (exact) mass is 331 g/mol. The highest BCUT2D eigenvalue weighted by molar-refractivity contribution is 7.89. The van der Waals surface area contributed by atoms with Gasteiger partial charge in [-0.3, -0.25) is 0 Å². The first-order chi connectivity index (χ1) is 10.4. The predicted molar refractivity (Wildman–Crippen MR) is 80.4 cm³/mol. The molecule has 0 aromatic heterocycles. The quantitative estimate of drug-likeness (QED) is 0.533. The second kappa shape index (κ2) is 8.72. The van der Waals surface area contributed by atoms with Gasteiger partial charge in [0.25, 0.3) is 0 Å². The lowest BCUT2D eigenvalue weighted by molar-refractivity contribution is -0.142. The summed E-state index contributed by atoms with van der Waals surface area (Å²) in [6.07, 6.45) is 0.592. The minimum Gasteiger partial charge on any atom is -0.482 e. The molecule has 1 aromatic rings. The zero-order chi connectivity index (χ0) is 16.6. The van der Waals surface area contributed by atoms with E-state index in [2.05, 4.69) is 9.46 Å². The van der Waals surface area contributed by atoms with Crippen molar-refractivity contribution in [3.05, 3.63) is 23.8 Å². The summed E-state index contributed by atoms with van der Waals surface area (Å²) < 4.78 is 41.3. The molecule has 0 fully saturated rings. The van der Waals surface area contributed by atoms with Crippen molar-refractivity contribution in [2.75, 3.05) is 34.0 Å². The number of carbonyl (C=O) groups is 1. The van der Waals surface area contributed by atoms with Crippen LogP contribution in [0.25, 0.3) is 0 Å². The summed E-state index contributed by atoms with van der Waals surface area (Å²) in [5, 5.41) is 0. The van der Waals surface area contributed by atoms with Gasteiger partial charge in [0.05, 0.1) is 12.0 Å². The second-order valence-corrected chi connectivity index (χ2v) is 6.30. The molecule has 0 amide bonds. The SMILES string of the molecule is COCCCNS(=O)(=O)c1ccc(OCC(=O)OC)c(C)c1. The molecule has 0 unspecified atom stereocenters. The number of rotatable bonds is 9. The zero-order valence-corrected chi connectivity index (χ0v) is 13.7. The van der Waals surface area contributed by atoms with Gasteiger partial charge >= 0.3 is 5.97 Å². The summed E-state index contributed by atoms with van der Waals surface area (Å²) in [4.78, 5) is 11.2. The van der Waals surface area contributed by atoms with Gasteiger partial charge in [0.2, 0.25) is 10.0 Å². The third-order valence-electron chi connectivity index (χ3n) is 2.85. The molecule has 0 heterocycles. The first kappa shape index (κ1) is 18.4. The molecular formula is C14H21NO6S. The number of nitrogens with one attached hydrogen (secondary N) is 1. The Morgan fingerprint density at radius 1 is 1.27 bits per heavy atom. The van der Waals surface area contributed by atoms with E-state index in [1.165, 1.54) is 25.3 Å². The molecule has 124 valence electrons. The largest absolute Gasteiger partial charge is 0.482 e. The summed E-state index contributed by atoms with van der Waals surface area (Å²) in [7, 11) is -0.741. The van der Waals surface area contributed by atoms with Crippen molar-refractivity contribution in [2.24, 2.45) is 0 Å². The lowest BCUT2D eigenvalue weighted by atomic mass is 10.2. The van der Waals surface area contributed by atoms with Crippen molar-refractivity contribution in [3.8, 4) is 5.75 Å². The molecular weight excluding hydrogens is 310 g/mol. The molecule has 1 N–H and O–H groups in total. The van der Waals surface area contributed by atoms with E-state index in [1.54, 1.807) is 14.0 Å². The van der Waals surface area contributed by atoms with Crippen LogP contribution in [0.5, 0.6) is 5.75 Å². The highest BCUT2D eigenvalue weighted by Crippen LogP contribution is 2.21. The van der Waals surface area contributed by atoms with E-state index in [1.807, 2.05) is 0 Å². The minimum atomic E-state index is -3.57. The molecule has 0 spiro atoms. The molecule has 1 aromatic carbocycles. The van der Waals surface area contributed by atoms with E-state index < -0.39 is 16.0 Å². The molecule has 0 atom stereocenters. The van der Waals surface area contributed by atoms with E-state index in [4.69, 9.17) is 9.47 Å². The third kappa shape index (κ3) is 5.63. The molecule has 0 saturated heterocycles. The van der Waals surface area contributed by atoms with Crippen LogP contribution in [0.3, 0.4) is 0 Å². The van der Waals surface area contributed by atoms with Crippen molar-refractivity contribution in [1.82, 2.24) is 4.72 Å². The maximum Gasteiger partial charge on any atom is 0.343 e. The average molecular weight is 331 g/mol. The molecule has 0 aliphatic rings. The lowest BCUT2D eigenvalue weighted by Gasteiger charge is -2.11. The van der Waals surface area contributed by atoms with Gasteiger partial charge in [0.1, 0.15) is 5.75 Å². The molecule has 0 aliphatic carbocycles. The summed E-state index contributed by atoms with van der Waals surface area (Å²) in [5.41, 5.74) is 0.615. The Labute approximate surface area is 130 Å². The highest BCUT2D eigenvalue weighted by Gasteiger charge is 2.15. The molecule has 8 heteroatoms. The van der Waals surface area contributed by atoms with Crippen LogP contribution in [0.15, 0.2) is 23.1 Å². The van der Waals surface area contributed by atoms with Gasteiger partial charge in [0.15, 0.2) is 6.61 Å². The second-order valence-electron chi connectivity index (χ2n) is 4.54. The number of carbonyl (C=O) groups excluding carboxylic acids is 1. The summed E-state index contributed by atoms with van der Waals surface area (Å²) in [6, 6.07) is 4.44. The number of ether oxygens (including phenoxy) is 3. The van der Waals surface area contributed by atoms with E-state index in [0.29, 0.717) is 30.9 Å². The van der Waals surface area contributed by atoms with Crippen LogP contribution in [-0.2, 0) is 24.3 Å². The fourth-order valence-corrected chi connectivity index (χ4v) is 2.81. The van der Waals surface area contributed by atoms with Gasteiger partial charge in [-0.1, -0.05) is 0 Å².